The van der Waals surface area contributed by atoms with Gasteiger partial charge in [0, 0.05) is 53.6 Å². The fourth-order valence-corrected chi connectivity index (χ4v) is 9.41. The van der Waals surface area contributed by atoms with Crippen LogP contribution in [0.3, 0.4) is 0 Å². The molecule has 8 heteroatoms. The highest BCUT2D eigenvalue weighted by Gasteiger charge is 2.42. The van der Waals surface area contributed by atoms with E-state index in [1.54, 1.807) is 0 Å². The average Bonchev–Trinajstić information content (AvgIpc) is 3.63. The van der Waals surface area contributed by atoms with Crippen molar-refractivity contribution < 1.29 is 23.9 Å². The molecule has 0 aromatic heterocycles. The van der Waals surface area contributed by atoms with E-state index in [-0.39, 0.29) is 30.8 Å². The number of fused-ring (bicyclic) bond motifs is 3. The zero-order valence-electron chi connectivity index (χ0n) is 35.2. The van der Waals surface area contributed by atoms with Gasteiger partial charge in [-0.05, 0) is 84.9 Å². The van der Waals surface area contributed by atoms with Crippen molar-refractivity contribution in [2.75, 3.05) is 19.7 Å². The second kappa shape index (κ2) is 19.7. The zero-order valence-corrected chi connectivity index (χ0v) is 36.0. The van der Waals surface area contributed by atoms with E-state index in [1.807, 2.05) is 127 Å². The van der Waals surface area contributed by atoms with Crippen molar-refractivity contribution in [1.82, 2.24) is 10.2 Å². The molecule has 1 unspecified atom stereocenters. The summed E-state index contributed by atoms with van der Waals surface area (Å²) in [7, 11) is 0. The molecule has 0 saturated carbocycles. The molecule has 1 fully saturated rings. The predicted octanol–water partition coefficient (Wildman–Crippen LogP) is 11.4. The van der Waals surface area contributed by atoms with E-state index in [1.165, 1.54) is 0 Å². The molecule has 1 N–H and O–H groups in total. The minimum atomic E-state index is -1.24. The van der Waals surface area contributed by atoms with E-state index >= 15 is 0 Å². The number of ether oxygens (including phenoxy) is 2. The molecule has 7 nitrogen and oxygen atoms in total. The predicted molar refractivity (Wildman–Crippen MR) is 245 cm³/mol. The Morgan fingerprint density at radius 3 is 2.05 bits per heavy atom. The van der Waals surface area contributed by atoms with Crippen LogP contribution in [0.5, 0.6) is 0 Å². The van der Waals surface area contributed by atoms with E-state index in [2.05, 4.69) is 41.7 Å². The monoisotopic (exact) mass is 844 g/mol. The highest BCUT2D eigenvalue weighted by atomic mass is 35.5. The van der Waals surface area contributed by atoms with Crippen molar-refractivity contribution >= 4 is 29.6 Å². The topological polar surface area (TPSA) is 84.9 Å². The Balaban J connectivity index is 0.919. The Labute approximate surface area is 370 Å². The summed E-state index contributed by atoms with van der Waals surface area (Å²) >= 11 is 6.87. The lowest BCUT2D eigenvalue weighted by atomic mass is 9.79. The number of amides is 2. The Hall–Kier alpha value is -6.18. The molecule has 1 aliphatic carbocycles. The molecule has 1 aliphatic heterocycles. The molecule has 2 atom stereocenters. The molecule has 62 heavy (non-hydrogen) atoms. The molecule has 1 saturated heterocycles. The van der Waals surface area contributed by atoms with Gasteiger partial charge in [0.05, 0.1) is 0 Å². The molecule has 0 spiro atoms. The highest BCUT2D eigenvalue weighted by molar-refractivity contribution is 6.31. The van der Waals surface area contributed by atoms with Gasteiger partial charge in [0.15, 0.2) is 5.60 Å². The summed E-state index contributed by atoms with van der Waals surface area (Å²) in [4.78, 5) is 43.3. The van der Waals surface area contributed by atoms with Crippen molar-refractivity contribution in [3.63, 3.8) is 0 Å². The smallest absolute Gasteiger partial charge is 0.407 e. The van der Waals surface area contributed by atoms with Crippen LogP contribution in [0, 0.1) is 6.92 Å². The number of carbonyl (C=O) groups is 3. The number of alkyl carbamates (subject to hydrolysis) is 1. The summed E-state index contributed by atoms with van der Waals surface area (Å²) in [6.45, 7) is 3.57. The van der Waals surface area contributed by atoms with Gasteiger partial charge in [-0.15, -0.1) is 0 Å². The first-order valence-electron chi connectivity index (χ1n) is 21.9. The second-order valence-corrected chi connectivity index (χ2v) is 16.9. The van der Waals surface area contributed by atoms with Gasteiger partial charge in [-0.2, -0.15) is 0 Å². The number of carbonyl (C=O) groups excluding carboxylic acids is 3. The number of esters is 1. The third-order valence-corrected chi connectivity index (χ3v) is 12.6. The van der Waals surface area contributed by atoms with Crippen molar-refractivity contribution in [2.45, 2.75) is 75.9 Å². The van der Waals surface area contributed by atoms with Gasteiger partial charge in [0.25, 0.3) is 0 Å². The average molecular weight is 845 g/mol. The fraction of sp³-hybridized carbons (Fsp3) is 0.278. The summed E-state index contributed by atoms with van der Waals surface area (Å²) in [6, 6.07) is 49.2. The maximum Gasteiger partial charge on any atom is 0.407 e. The van der Waals surface area contributed by atoms with Crippen molar-refractivity contribution in [2.24, 2.45) is 0 Å². The molecule has 0 bridgehead atoms. The molecule has 2 aliphatic rings. The van der Waals surface area contributed by atoms with Crippen LogP contribution in [0.2, 0.25) is 5.02 Å². The number of piperidine rings is 1. The lowest BCUT2D eigenvalue weighted by Crippen LogP contribution is -2.51. The maximum atomic E-state index is 14.0. The van der Waals surface area contributed by atoms with Crippen LogP contribution >= 0.6 is 11.6 Å². The van der Waals surface area contributed by atoms with Crippen LogP contribution in [-0.4, -0.2) is 48.6 Å². The number of nitrogens with zero attached hydrogens (tertiary/aromatic N) is 1. The number of unbranched alkanes of at least 4 members (excludes halogenated alkanes) is 1. The summed E-state index contributed by atoms with van der Waals surface area (Å²) in [5.41, 5.74) is 8.81. The number of rotatable bonds is 15. The molecule has 0 radical (unpaired) electrons. The van der Waals surface area contributed by atoms with Crippen LogP contribution < -0.4 is 5.32 Å². The van der Waals surface area contributed by atoms with E-state index in [0.717, 1.165) is 82.2 Å². The molecule has 6 aromatic carbocycles. The minimum Gasteiger partial charge on any atom is -0.449 e. The second-order valence-electron chi connectivity index (χ2n) is 16.5. The van der Waals surface area contributed by atoms with E-state index in [0.29, 0.717) is 36.5 Å². The molecule has 8 rings (SSSR count). The summed E-state index contributed by atoms with van der Waals surface area (Å²) < 4.78 is 12.5. The lowest BCUT2D eigenvalue weighted by molar-refractivity contribution is -0.153. The minimum absolute atomic E-state index is 0.0788. The van der Waals surface area contributed by atoms with Gasteiger partial charge >= 0.3 is 12.1 Å². The third-order valence-electron chi connectivity index (χ3n) is 12.3. The number of aryl methyl sites for hydroxylation is 2. The summed E-state index contributed by atoms with van der Waals surface area (Å²) in [6.07, 6.45) is 5.05. The van der Waals surface area contributed by atoms with Crippen LogP contribution in [0.15, 0.2) is 152 Å². The van der Waals surface area contributed by atoms with Gasteiger partial charge in [-0.25, -0.2) is 4.79 Å². The van der Waals surface area contributed by atoms with Crippen LogP contribution in [-0.2, 0) is 37.5 Å². The first-order valence-corrected chi connectivity index (χ1v) is 22.3. The summed E-state index contributed by atoms with van der Waals surface area (Å²) in [5, 5.41) is 3.48. The van der Waals surface area contributed by atoms with Gasteiger partial charge in [-0.3, -0.25) is 9.59 Å². The fourth-order valence-electron chi connectivity index (χ4n) is 9.14. The van der Waals surface area contributed by atoms with Gasteiger partial charge in [-0.1, -0.05) is 163 Å². The molecule has 316 valence electrons. The first kappa shape index (κ1) is 42.5. The van der Waals surface area contributed by atoms with Gasteiger partial charge < -0.3 is 19.7 Å². The van der Waals surface area contributed by atoms with Gasteiger partial charge in [0.2, 0.25) is 5.91 Å². The number of benzene rings is 6. The van der Waals surface area contributed by atoms with Gasteiger partial charge in [0.1, 0.15) is 12.6 Å². The third kappa shape index (κ3) is 9.49. The largest absolute Gasteiger partial charge is 0.449 e. The molecule has 2 amide bonds. The van der Waals surface area contributed by atoms with E-state index in [9.17, 15) is 14.4 Å². The molecular formula is C54H53ClN2O5. The molecule has 6 aromatic rings. The lowest BCUT2D eigenvalue weighted by Gasteiger charge is -2.36. The number of likely N-dealkylation sites (tertiary alicyclic amines) is 1. The summed E-state index contributed by atoms with van der Waals surface area (Å²) in [5.74, 6) is -0.484. The van der Waals surface area contributed by atoms with E-state index in [4.69, 9.17) is 21.1 Å². The Morgan fingerprint density at radius 1 is 0.710 bits per heavy atom. The normalized spacial score (nSPS) is 14.8. The van der Waals surface area contributed by atoms with Crippen molar-refractivity contribution in [3.8, 4) is 11.1 Å². The SMILES string of the molecule is Cc1ccc(C(OC(=O)CCCCc2cccc(C[C@H](NC(=O)OCC3c4ccccc4-c4ccccc43)C(=O)N3CCCCC3)c2)(c2ccccc2)c2ccccc2Cl)cc1. The highest BCUT2D eigenvalue weighted by Crippen LogP contribution is 2.45. The first-order chi connectivity index (χ1) is 30.3. The van der Waals surface area contributed by atoms with Crippen LogP contribution in [0.4, 0.5) is 4.79 Å². The molecule has 1 heterocycles. The van der Waals surface area contributed by atoms with Crippen molar-refractivity contribution in [3.05, 3.63) is 201 Å². The van der Waals surface area contributed by atoms with Crippen molar-refractivity contribution in [1.29, 1.82) is 0 Å². The number of nitrogens with one attached hydrogen (secondary N) is 1. The Bertz CT molecular complexity index is 2450. The maximum absolute atomic E-state index is 14.0. The number of hydrogen-bond acceptors (Lipinski definition) is 5. The number of hydrogen-bond donors (Lipinski definition) is 1. The standard InChI is InChI=1S/C54H53ClN2O5/c1-38-29-31-42(32-30-38)54(41-20-4-2-5-21-41,48-26-11-12-27-49(48)55)62-51(58)28-13-6-17-39-18-16-19-40(35-39)36-50(52(59)57-33-14-3-15-34-57)56-53(60)61-37-47-45-24-9-7-22-43(45)44-23-8-10-25-46(44)47/h2,4-5,7-12,16,18-27,29-32,35,47,50H,3,6,13-15,17,28,33-34,36-37H2,1H3,(H,56,60)/t50-,54?/m0/s1. The molecular weight excluding hydrogens is 792 g/mol. The Kier molecular flexibility index (Phi) is 13.5. The quantitative estimate of drug-likeness (QED) is 0.0632. The Morgan fingerprint density at radius 2 is 1.34 bits per heavy atom. The zero-order chi connectivity index (χ0) is 42.9. The number of halogens is 1. The van der Waals surface area contributed by atoms with Crippen LogP contribution in [0.25, 0.3) is 11.1 Å². The van der Waals surface area contributed by atoms with E-state index < -0.39 is 17.7 Å². The van der Waals surface area contributed by atoms with Crippen LogP contribution in [0.1, 0.15) is 89.0 Å².